The van der Waals surface area contributed by atoms with Gasteiger partial charge in [-0.3, -0.25) is 20.0 Å². The van der Waals surface area contributed by atoms with Gasteiger partial charge < -0.3 is 11.1 Å². The van der Waals surface area contributed by atoms with Gasteiger partial charge in [-0.15, -0.1) is 0 Å². The van der Waals surface area contributed by atoms with E-state index in [2.05, 4.69) is 15.5 Å². The van der Waals surface area contributed by atoms with E-state index in [0.717, 1.165) is 0 Å². The fourth-order valence-corrected chi connectivity index (χ4v) is 1.61. The Bertz CT molecular complexity index is 716. The fraction of sp³-hybridized carbons (Fsp3) is 0.0909. The molecule has 110 valence electrons. The monoisotopic (exact) mass is 297 g/mol. The molecule has 21 heavy (non-hydrogen) atoms. The number of carbonyl (C=O) groups excluding carboxylic acids is 1. The number of amides is 1. The first-order valence-electron chi connectivity index (χ1n) is 5.59. The third kappa shape index (κ3) is 2.94. The summed E-state index contributed by atoms with van der Waals surface area (Å²) in [4.78, 5) is 21.3. The highest BCUT2D eigenvalue weighted by molar-refractivity contribution is 5.95. The van der Waals surface area contributed by atoms with Gasteiger partial charge in [-0.05, 0) is 6.07 Å². The van der Waals surface area contributed by atoms with Gasteiger partial charge in [0.2, 0.25) is 5.82 Å². The van der Waals surface area contributed by atoms with E-state index in [4.69, 9.17) is 5.73 Å². The van der Waals surface area contributed by atoms with Crippen LogP contribution in [0.1, 0.15) is 15.9 Å². The molecule has 1 heterocycles. The van der Waals surface area contributed by atoms with E-state index in [9.17, 15) is 23.7 Å². The van der Waals surface area contributed by atoms with Crippen molar-refractivity contribution in [3.05, 3.63) is 51.2 Å². The lowest BCUT2D eigenvalue weighted by Gasteiger charge is -2.06. The number of nitrogens with zero attached hydrogens (tertiary/aromatic N) is 2. The smallest absolute Gasteiger partial charge is 0.308 e. The van der Waals surface area contributed by atoms with Crippen LogP contribution >= 0.6 is 0 Å². The number of hydrogen-bond acceptors (Lipinski definition) is 5. The Hall–Kier alpha value is -3.04. The van der Waals surface area contributed by atoms with Crippen molar-refractivity contribution in [3.63, 3.8) is 0 Å². The molecule has 0 aliphatic heterocycles. The van der Waals surface area contributed by atoms with Gasteiger partial charge >= 0.3 is 5.69 Å². The zero-order valence-corrected chi connectivity index (χ0v) is 10.4. The maximum absolute atomic E-state index is 13.8. The molecular weight excluding hydrogens is 288 g/mol. The Labute approximate surface area is 116 Å². The highest BCUT2D eigenvalue weighted by Crippen LogP contribution is 2.22. The first kappa shape index (κ1) is 14.4. The second-order valence-corrected chi connectivity index (χ2v) is 4.04. The van der Waals surface area contributed by atoms with Gasteiger partial charge in [0.1, 0.15) is 11.6 Å². The lowest BCUT2D eigenvalue weighted by molar-refractivity contribution is -0.387. The van der Waals surface area contributed by atoms with E-state index in [0.29, 0.717) is 17.7 Å². The van der Waals surface area contributed by atoms with Crippen LogP contribution in [0.3, 0.4) is 0 Å². The number of nitro benzene ring substituents is 1. The second kappa shape index (κ2) is 5.53. The van der Waals surface area contributed by atoms with E-state index in [1.54, 1.807) is 0 Å². The van der Waals surface area contributed by atoms with Crippen LogP contribution in [0.4, 0.5) is 20.3 Å². The first-order valence-corrected chi connectivity index (χ1v) is 5.59. The number of halogens is 2. The van der Waals surface area contributed by atoms with Gasteiger partial charge in [-0.1, -0.05) is 0 Å². The van der Waals surface area contributed by atoms with Crippen LogP contribution in [0, 0.1) is 21.7 Å². The molecule has 0 unspecified atom stereocenters. The molecule has 0 spiro atoms. The fourth-order valence-electron chi connectivity index (χ4n) is 1.61. The molecule has 2 aromatic rings. The number of aromatic nitrogens is 2. The summed E-state index contributed by atoms with van der Waals surface area (Å²) in [5.74, 6) is -3.29. The molecule has 0 bridgehead atoms. The zero-order valence-electron chi connectivity index (χ0n) is 10.4. The molecule has 0 saturated carbocycles. The van der Waals surface area contributed by atoms with Gasteiger partial charge in [-0.25, -0.2) is 4.39 Å². The minimum atomic E-state index is -1.40. The topological polar surface area (TPSA) is 127 Å². The van der Waals surface area contributed by atoms with Gasteiger partial charge in [0, 0.05) is 12.1 Å². The lowest BCUT2D eigenvalue weighted by atomic mass is 10.1. The van der Waals surface area contributed by atoms with Crippen LogP contribution in [0.2, 0.25) is 0 Å². The molecule has 0 fully saturated rings. The van der Waals surface area contributed by atoms with E-state index in [1.165, 1.54) is 6.20 Å². The molecule has 1 aromatic heterocycles. The van der Waals surface area contributed by atoms with Crippen molar-refractivity contribution in [2.45, 2.75) is 6.54 Å². The van der Waals surface area contributed by atoms with Gasteiger partial charge in [0.15, 0.2) is 0 Å². The van der Waals surface area contributed by atoms with E-state index < -0.39 is 33.7 Å². The van der Waals surface area contributed by atoms with E-state index >= 15 is 0 Å². The summed E-state index contributed by atoms with van der Waals surface area (Å²) in [5.41, 5.74) is 4.06. The summed E-state index contributed by atoms with van der Waals surface area (Å²) in [6.07, 6.45) is 1.35. The highest BCUT2D eigenvalue weighted by atomic mass is 19.1. The van der Waals surface area contributed by atoms with Crippen LogP contribution in [0.25, 0.3) is 0 Å². The third-order valence-corrected chi connectivity index (χ3v) is 2.65. The molecule has 1 amide bonds. The number of aromatic amines is 1. The molecule has 1 aromatic carbocycles. The normalized spacial score (nSPS) is 10.4. The molecule has 2 rings (SSSR count). The average molecular weight is 297 g/mol. The summed E-state index contributed by atoms with van der Waals surface area (Å²) in [6.45, 7) is -0.0923. The van der Waals surface area contributed by atoms with Crippen molar-refractivity contribution in [2.24, 2.45) is 0 Å². The van der Waals surface area contributed by atoms with Crippen molar-refractivity contribution in [1.29, 1.82) is 0 Å². The van der Waals surface area contributed by atoms with Crippen LogP contribution in [0.15, 0.2) is 18.3 Å². The van der Waals surface area contributed by atoms with E-state index in [1.807, 2.05) is 0 Å². The number of nitrogen functional groups attached to an aromatic ring is 1. The molecule has 0 radical (unpaired) electrons. The molecule has 0 saturated heterocycles. The van der Waals surface area contributed by atoms with Crippen molar-refractivity contribution >= 4 is 17.4 Å². The molecule has 0 atom stereocenters. The Morgan fingerprint density at radius 2 is 2.19 bits per heavy atom. The minimum absolute atomic E-state index is 0.0923. The minimum Gasteiger partial charge on any atom is -0.384 e. The van der Waals surface area contributed by atoms with Crippen molar-refractivity contribution in [1.82, 2.24) is 15.5 Å². The van der Waals surface area contributed by atoms with Crippen LogP contribution in [0.5, 0.6) is 0 Å². The van der Waals surface area contributed by atoms with E-state index in [-0.39, 0.29) is 12.4 Å². The van der Waals surface area contributed by atoms with Crippen molar-refractivity contribution < 1.29 is 18.5 Å². The number of hydrogen-bond donors (Lipinski definition) is 3. The number of rotatable bonds is 4. The maximum atomic E-state index is 13.8. The predicted octanol–water partition coefficient (Wildman–Crippen LogP) is 1.11. The number of carbonyl (C=O) groups is 1. The second-order valence-electron chi connectivity index (χ2n) is 4.04. The maximum Gasteiger partial charge on any atom is 0.308 e. The summed E-state index contributed by atoms with van der Waals surface area (Å²) in [5, 5.41) is 18.9. The van der Waals surface area contributed by atoms with Gasteiger partial charge in [0.05, 0.1) is 22.7 Å². The van der Waals surface area contributed by atoms with Crippen LogP contribution in [-0.2, 0) is 6.54 Å². The highest BCUT2D eigenvalue weighted by Gasteiger charge is 2.24. The molecule has 0 aliphatic carbocycles. The Morgan fingerprint density at radius 3 is 2.76 bits per heavy atom. The number of nitro groups is 1. The van der Waals surface area contributed by atoms with Gasteiger partial charge in [-0.2, -0.15) is 9.49 Å². The Balaban J connectivity index is 2.23. The summed E-state index contributed by atoms with van der Waals surface area (Å²) in [7, 11) is 0. The number of nitrogens with two attached hydrogens (primary N) is 1. The first-order chi connectivity index (χ1) is 9.90. The number of nitrogens with one attached hydrogen (secondary N) is 2. The predicted molar refractivity (Wildman–Crippen MR) is 67.2 cm³/mol. The van der Waals surface area contributed by atoms with Crippen molar-refractivity contribution in [3.8, 4) is 0 Å². The average Bonchev–Trinajstić information content (AvgIpc) is 2.83. The molecular formula is C11H9F2N5O3. The SMILES string of the molecule is Nc1[nH]ncc1CNC(=O)c1cc(F)cc([N+](=O)[O-])c1F. The molecule has 4 N–H and O–H groups in total. The van der Waals surface area contributed by atoms with Crippen molar-refractivity contribution in [2.75, 3.05) is 5.73 Å². The Morgan fingerprint density at radius 1 is 1.48 bits per heavy atom. The summed E-state index contributed by atoms with van der Waals surface area (Å²) < 4.78 is 27.0. The van der Waals surface area contributed by atoms with Gasteiger partial charge in [0.25, 0.3) is 5.91 Å². The largest absolute Gasteiger partial charge is 0.384 e. The zero-order chi connectivity index (χ0) is 15.6. The van der Waals surface area contributed by atoms with Crippen LogP contribution in [-0.4, -0.2) is 21.0 Å². The number of anilines is 1. The third-order valence-electron chi connectivity index (χ3n) is 2.65. The standard InChI is InChI=1S/C11H9F2N5O3/c12-6-1-7(9(13)8(2-6)18(20)21)11(19)15-3-5-4-16-17-10(5)14/h1-2,4H,3H2,(H,15,19)(H3,14,16,17). The Kier molecular flexibility index (Phi) is 3.78. The summed E-state index contributed by atoms with van der Waals surface area (Å²) >= 11 is 0. The molecule has 8 nitrogen and oxygen atoms in total. The number of benzene rings is 1. The molecule has 10 heteroatoms. The summed E-state index contributed by atoms with van der Waals surface area (Å²) in [6, 6.07) is 0.983. The molecule has 0 aliphatic rings. The quantitative estimate of drug-likeness (QED) is 0.575. The van der Waals surface area contributed by atoms with Crippen LogP contribution < -0.4 is 11.1 Å². The lowest BCUT2D eigenvalue weighted by Crippen LogP contribution is -2.24. The number of H-pyrrole nitrogens is 1.